The molecule has 1 aliphatic rings. The first-order chi connectivity index (χ1) is 6.68. The molecule has 2 N–H and O–H groups in total. The molecule has 1 atom stereocenters. The predicted molar refractivity (Wildman–Crippen MR) is 63.5 cm³/mol. The minimum atomic E-state index is 0.289. The van der Waals surface area contributed by atoms with E-state index < -0.39 is 0 Å². The molecule has 0 unspecified atom stereocenters. The van der Waals surface area contributed by atoms with Gasteiger partial charge in [0.25, 0.3) is 0 Å². The van der Waals surface area contributed by atoms with Gasteiger partial charge in [0.1, 0.15) is 5.75 Å². The molecule has 2 rings (SSSR count). The molecule has 0 spiro atoms. The number of phenolic OH excluding ortho intramolecular Hbond substituents is 1. The predicted octanol–water partition coefficient (Wildman–Crippen LogP) is 3.34. The van der Waals surface area contributed by atoms with E-state index in [0.717, 1.165) is 27.5 Å². The first-order valence-corrected chi connectivity index (χ1v) is 6.18. The van der Waals surface area contributed by atoms with Crippen LogP contribution in [-0.4, -0.2) is 11.7 Å². The third-order valence-corrected chi connectivity index (χ3v) is 3.60. The molecular weight excluding hydrogens is 310 g/mol. The van der Waals surface area contributed by atoms with Crippen LogP contribution < -0.4 is 5.32 Å². The zero-order valence-electron chi connectivity index (χ0n) is 7.56. The van der Waals surface area contributed by atoms with E-state index in [4.69, 9.17) is 0 Å². The summed E-state index contributed by atoms with van der Waals surface area (Å²) in [6.07, 6.45) is 2.26. The molecule has 1 saturated heterocycles. The van der Waals surface area contributed by atoms with E-state index in [-0.39, 0.29) is 6.04 Å². The summed E-state index contributed by atoms with van der Waals surface area (Å²) in [7, 11) is 0. The van der Waals surface area contributed by atoms with Crippen LogP contribution >= 0.6 is 31.9 Å². The Morgan fingerprint density at radius 2 is 2.14 bits per heavy atom. The molecule has 1 heterocycles. The molecule has 0 bridgehead atoms. The maximum Gasteiger partial charge on any atom is 0.122 e. The molecule has 0 aromatic heterocycles. The summed E-state index contributed by atoms with van der Waals surface area (Å²) in [5, 5.41) is 13.2. The summed E-state index contributed by atoms with van der Waals surface area (Å²) in [5.74, 6) is 0.352. The van der Waals surface area contributed by atoms with Gasteiger partial charge < -0.3 is 10.4 Å². The summed E-state index contributed by atoms with van der Waals surface area (Å²) in [6.45, 7) is 1.03. The second-order valence-electron chi connectivity index (χ2n) is 3.47. The van der Waals surface area contributed by atoms with Crippen molar-refractivity contribution in [2.75, 3.05) is 6.54 Å². The number of halogens is 2. The van der Waals surface area contributed by atoms with Crippen LogP contribution in [0.2, 0.25) is 0 Å². The summed E-state index contributed by atoms with van der Waals surface area (Å²) in [5.41, 5.74) is 0.978. The number of hydrogen-bond donors (Lipinski definition) is 2. The highest BCUT2D eigenvalue weighted by Gasteiger charge is 2.21. The first kappa shape index (κ1) is 10.5. The summed E-state index contributed by atoms with van der Waals surface area (Å²) < 4.78 is 1.85. The minimum Gasteiger partial charge on any atom is -0.508 e. The van der Waals surface area contributed by atoms with Gasteiger partial charge in [-0.25, -0.2) is 0 Å². The lowest BCUT2D eigenvalue weighted by molar-refractivity contribution is 0.455. The van der Waals surface area contributed by atoms with E-state index in [1.807, 2.05) is 6.07 Å². The van der Waals surface area contributed by atoms with Crippen LogP contribution in [0.25, 0.3) is 0 Å². The molecule has 1 aromatic carbocycles. The third kappa shape index (κ3) is 1.97. The molecule has 4 heteroatoms. The quantitative estimate of drug-likeness (QED) is 0.831. The molecule has 1 fully saturated rings. The van der Waals surface area contributed by atoms with Crippen molar-refractivity contribution in [1.82, 2.24) is 5.32 Å². The van der Waals surface area contributed by atoms with Gasteiger partial charge >= 0.3 is 0 Å². The summed E-state index contributed by atoms with van der Waals surface area (Å²) >= 11 is 6.82. The van der Waals surface area contributed by atoms with E-state index >= 15 is 0 Å². The standard InChI is InChI=1S/C10H11Br2NO/c11-6-4-7(12)10(9(14)5-6)8-2-1-3-13-8/h4-5,8,13-14H,1-3H2/t8-/m0/s1. The lowest BCUT2D eigenvalue weighted by atomic mass is 10.0. The van der Waals surface area contributed by atoms with Crippen molar-refractivity contribution in [1.29, 1.82) is 0 Å². The SMILES string of the molecule is Oc1cc(Br)cc(Br)c1[C@@H]1CCCN1. The number of benzene rings is 1. The highest BCUT2D eigenvalue weighted by molar-refractivity contribution is 9.11. The van der Waals surface area contributed by atoms with Crippen molar-refractivity contribution in [2.45, 2.75) is 18.9 Å². The molecule has 1 aromatic rings. The summed E-state index contributed by atoms with van der Waals surface area (Å²) in [4.78, 5) is 0. The van der Waals surface area contributed by atoms with Crippen molar-refractivity contribution >= 4 is 31.9 Å². The van der Waals surface area contributed by atoms with Gasteiger partial charge in [0.15, 0.2) is 0 Å². The van der Waals surface area contributed by atoms with Crippen LogP contribution in [0.1, 0.15) is 24.4 Å². The average molecular weight is 321 g/mol. The Balaban J connectivity index is 2.40. The van der Waals surface area contributed by atoms with E-state index in [1.165, 1.54) is 6.42 Å². The zero-order valence-corrected chi connectivity index (χ0v) is 10.7. The lowest BCUT2D eigenvalue weighted by Crippen LogP contribution is -2.13. The van der Waals surface area contributed by atoms with Gasteiger partial charge in [0.05, 0.1) is 0 Å². The van der Waals surface area contributed by atoms with Crippen molar-refractivity contribution in [3.8, 4) is 5.75 Å². The topological polar surface area (TPSA) is 32.3 Å². The van der Waals surface area contributed by atoms with Gasteiger partial charge in [-0.05, 0) is 31.5 Å². The maximum absolute atomic E-state index is 9.83. The summed E-state index contributed by atoms with van der Waals surface area (Å²) in [6, 6.07) is 3.99. The van der Waals surface area contributed by atoms with Crippen molar-refractivity contribution in [3.63, 3.8) is 0 Å². The smallest absolute Gasteiger partial charge is 0.122 e. The Morgan fingerprint density at radius 1 is 1.36 bits per heavy atom. The van der Waals surface area contributed by atoms with Crippen LogP contribution in [0, 0.1) is 0 Å². The molecular formula is C10H11Br2NO. The first-order valence-electron chi connectivity index (χ1n) is 4.60. The van der Waals surface area contributed by atoms with E-state index in [1.54, 1.807) is 6.07 Å². The number of nitrogens with one attached hydrogen (secondary N) is 1. The highest BCUT2D eigenvalue weighted by atomic mass is 79.9. The molecule has 1 aliphatic heterocycles. The van der Waals surface area contributed by atoms with Gasteiger partial charge in [0.2, 0.25) is 0 Å². The van der Waals surface area contributed by atoms with E-state index in [2.05, 4.69) is 37.2 Å². The number of hydrogen-bond acceptors (Lipinski definition) is 2. The van der Waals surface area contributed by atoms with Gasteiger partial charge in [-0.1, -0.05) is 31.9 Å². The fourth-order valence-corrected chi connectivity index (χ4v) is 3.33. The van der Waals surface area contributed by atoms with Gasteiger partial charge in [-0.3, -0.25) is 0 Å². The van der Waals surface area contributed by atoms with Crippen LogP contribution in [0.4, 0.5) is 0 Å². The van der Waals surface area contributed by atoms with E-state index in [0.29, 0.717) is 5.75 Å². The van der Waals surface area contributed by atoms with Crippen LogP contribution in [-0.2, 0) is 0 Å². The van der Waals surface area contributed by atoms with E-state index in [9.17, 15) is 5.11 Å². The van der Waals surface area contributed by atoms with Crippen LogP contribution in [0.15, 0.2) is 21.1 Å². The second-order valence-corrected chi connectivity index (χ2v) is 5.24. The van der Waals surface area contributed by atoms with Crippen LogP contribution in [0.3, 0.4) is 0 Å². The van der Waals surface area contributed by atoms with Crippen molar-refractivity contribution in [2.24, 2.45) is 0 Å². The molecule has 0 aliphatic carbocycles. The average Bonchev–Trinajstić information content (AvgIpc) is 2.54. The largest absolute Gasteiger partial charge is 0.508 e. The fourth-order valence-electron chi connectivity index (χ4n) is 1.85. The van der Waals surface area contributed by atoms with Gasteiger partial charge in [0, 0.05) is 20.6 Å². The lowest BCUT2D eigenvalue weighted by Gasteiger charge is -2.14. The monoisotopic (exact) mass is 319 g/mol. The van der Waals surface area contributed by atoms with Gasteiger partial charge in [-0.15, -0.1) is 0 Å². The number of rotatable bonds is 1. The Labute approximate surface area is 100.0 Å². The Hall–Kier alpha value is -0.0600. The van der Waals surface area contributed by atoms with Gasteiger partial charge in [-0.2, -0.15) is 0 Å². The molecule has 14 heavy (non-hydrogen) atoms. The zero-order chi connectivity index (χ0) is 10.1. The maximum atomic E-state index is 9.83. The Kier molecular flexibility index (Phi) is 3.14. The highest BCUT2D eigenvalue weighted by Crippen LogP contribution is 2.38. The molecule has 2 nitrogen and oxygen atoms in total. The Morgan fingerprint density at radius 3 is 2.71 bits per heavy atom. The normalized spacial score (nSPS) is 21.4. The number of phenols is 1. The molecule has 0 radical (unpaired) electrons. The Bertz CT molecular complexity index is 325. The third-order valence-electron chi connectivity index (χ3n) is 2.48. The molecule has 76 valence electrons. The molecule has 0 amide bonds. The van der Waals surface area contributed by atoms with Crippen LogP contribution in [0.5, 0.6) is 5.75 Å². The fraction of sp³-hybridized carbons (Fsp3) is 0.400. The molecule has 0 saturated carbocycles. The van der Waals surface area contributed by atoms with Crippen molar-refractivity contribution in [3.05, 3.63) is 26.6 Å². The number of aromatic hydroxyl groups is 1. The second kappa shape index (κ2) is 4.21. The minimum absolute atomic E-state index is 0.289. The van der Waals surface area contributed by atoms with Crippen molar-refractivity contribution < 1.29 is 5.11 Å².